The van der Waals surface area contributed by atoms with Gasteiger partial charge in [0.1, 0.15) is 18.3 Å². The number of aliphatic hydroxyl groups excluding tert-OH is 5. The molecule has 23 heavy (non-hydrogen) atoms. The zero-order valence-electron chi connectivity index (χ0n) is 14.2. The van der Waals surface area contributed by atoms with E-state index < -0.39 is 31.0 Å². The molecule has 0 aliphatic heterocycles. The molecule has 0 saturated carbocycles. The summed E-state index contributed by atoms with van der Waals surface area (Å²) < 4.78 is 0. The lowest BCUT2D eigenvalue weighted by molar-refractivity contribution is -0.113. The highest BCUT2D eigenvalue weighted by Crippen LogP contribution is 2.04. The fourth-order valence-electron chi connectivity index (χ4n) is 1.79. The first-order valence-corrected chi connectivity index (χ1v) is 8.09. The Morgan fingerprint density at radius 1 is 0.957 bits per heavy atom. The van der Waals surface area contributed by atoms with Crippen LogP contribution in [0.5, 0.6) is 0 Å². The third-order valence-corrected chi connectivity index (χ3v) is 3.26. The number of nitrogens with zero attached hydrogens (tertiary/aromatic N) is 1. The Morgan fingerprint density at radius 3 is 2.00 bits per heavy atom. The van der Waals surface area contributed by atoms with Crippen LogP contribution in [0.2, 0.25) is 0 Å². The van der Waals surface area contributed by atoms with Gasteiger partial charge in [0.25, 0.3) is 0 Å². The summed E-state index contributed by atoms with van der Waals surface area (Å²) in [6.45, 7) is 1.63. The molecule has 0 aliphatic rings. The van der Waals surface area contributed by atoms with Crippen LogP contribution < -0.4 is 5.32 Å². The van der Waals surface area contributed by atoms with Gasteiger partial charge in [0.15, 0.2) is 0 Å². The molecule has 0 rings (SSSR count). The molecular formula is C15H34N2O6. The Hall–Kier alpha value is -0.770. The maximum atomic E-state index is 9.21. The largest absolute Gasteiger partial charge is 0.411 e. The third kappa shape index (κ3) is 14.5. The zero-order chi connectivity index (χ0) is 18.1. The maximum absolute atomic E-state index is 9.21. The average molecular weight is 338 g/mol. The zero-order valence-corrected chi connectivity index (χ0v) is 14.2. The lowest BCUT2D eigenvalue weighted by Gasteiger charge is -2.25. The Labute approximate surface area is 138 Å². The number of hydrogen-bond acceptors (Lipinski definition) is 8. The summed E-state index contributed by atoms with van der Waals surface area (Å²) in [5.74, 6) is 0. The quantitative estimate of drug-likeness (QED) is 0.109. The summed E-state index contributed by atoms with van der Waals surface area (Å²) in [6.07, 6.45) is 3.18. The number of unbranched alkanes of at least 4 members (excludes halogenated alkanes) is 5. The number of hydrogen-bond donors (Lipinski definition) is 7. The van der Waals surface area contributed by atoms with E-state index in [1.54, 1.807) is 13.3 Å². The van der Waals surface area contributed by atoms with Crippen LogP contribution in [0.4, 0.5) is 0 Å². The Kier molecular flexibility index (Phi) is 18.7. The normalized spacial score (nSPS) is 16.5. The van der Waals surface area contributed by atoms with Crippen molar-refractivity contribution in [3.8, 4) is 0 Å². The molecule has 4 atom stereocenters. The van der Waals surface area contributed by atoms with Gasteiger partial charge in [-0.15, -0.1) is 5.16 Å². The average Bonchev–Trinajstić information content (AvgIpc) is 2.56. The van der Waals surface area contributed by atoms with E-state index in [-0.39, 0.29) is 6.54 Å². The second kappa shape index (κ2) is 17.6. The number of oxime groups is 1. The van der Waals surface area contributed by atoms with E-state index in [9.17, 15) is 5.11 Å². The summed E-state index contributed by atoms with van der Waals surface area (Å²) in [5, 5.41) is 58.4. The van der Waals surface area contributed by atoms with Crippen LogP contribution in [0.15, 0.2) is 5.16 Å². The number of likely N-dealkylation sites (N-methyl/N-ethyl adjacent to an activating group) is 1. The summed E-state index contributed by atoms with van der Waals surface area (Å²) in [5.41, 5.74) is 0. The summed E-state index contributed by atoms with van der Waals surface area (Å²) in [6, 6.07) is 0. The summed E-state index contributed by atoms with van der Waals surface area (Å²) in [4.78, 5) is 0. The van der Waals surface area contributed by atoms with Gasteiger partial charge < -0.3 is 36.1 Å². The van der Waals surface area contributed by atoms with E-state index in [4.69, 9.17) is 25.6 Å². The molecule has 0 radical (unpaired) electrons. The molecule has 0 unspecified atom stereocenters. The van der Waals surface area contributed by atoms with E-state index in [0.29, 0.717) is 0 Å². The molecule has 0 saturated heterocycles. The highest BCUT2D eigenvalue weighted by atomic mass is 16.4. The molecule has 0 aromatic rings. The van der Waals surface area contributed by atoms with Crippen molar-refractivity contribution in [2.24, 2.45) is 5.16 Å². The molecule has 0 fully saturated rings. The maximum Gasteiger partial charge on any atom is 0.111 e. The van der Waals surface area contributed by atoms with Crippen LogP contribution in [-0.4, -0.2) is 81.6 Å². The number of aliphatic hydroxyl groups is 5. The Bertz CT molecular complexity index is 268. The topological polar surface area (TPSA) is 146 Å². The molecule has 0 amide bonds. The standard InChI is InChI=1S/C8H17NO.C7H17NO5/c1-2-3-4-5-6-7-8-9-10;1-8-2-4(10)6(12)7(13)5(11)3-9/h8,10H,2-7H2,1H3;4-13H,2-3H2,1H3/t;4-,5+,6+,7+/m.0/s1. The van der Waals surface area contributed by atoms with Crippen LogP contribution in [0.25, 0.3) is 0 Å². The fourth-order valence-corrected chi connectivity index (χ4v) is 1.79. The van der Waals surface area contributed by atoms with E-state index >= 15 is 0 Å². The second-order valence-electron chi connectivity index (χ2n) is 5.36. The van der Waals surface area contributed by atoms with Gasteiger partial charge in [-0.3, -0.25) is 0 Å². The first-order valence-electron chi connectivity index (χ1n) is 8.09. The minimum Gasteiger partial charge on any atom is -0.411 e. The van der Waals surface area contributed by atoms with Gasteiger partial charge in [-0.2, -0.15) is 0 Å². The van der Waals surface area contributed by atoms with E-state index in [2.05, 4.69) is 17.4 Å². The van der Waals surface area contributed by atoms with Crippen molar-refractivity contribution in [2.75, 3.05) is 20.2 Å². The molecule has 0 aliphatic carbocycles. The molecular weight excluding hydrogens is 304 g/mol. The van der Waals surface area contributed by atoms with Crippen molar-refractivity contribution in [2.45, 2.75) is 69.9 Å². The van der Waals surface area contributed by atoms with Crippen LogP contribution >= 0.6 is 0 Å². The molecule has 0 heterocycles. The minimum atomic E-state index is -1.55. The van der Waals surface area contributed by atoms with Crippen molar-refractivity contribution in [3.05, 3.63) is 0 Å². The molecule has 0 aromatic carbocycles. The minimum absolute atomic E-state index is 0.0936. The summed E-state index contributed by atoms with van der Waals surface area (Å²) in [7, 11) is 1.57. The predicted octanol–water partition coefficient (Wildman–Crippen LogP) is -0.551. The molecule has 0 spiro atoms. The van der Waals surface area contributed by atoms with Crippen molar-refractivity contribution in [1.82, 2.24) is 5.32 Å². The Morgan fingerprint density at radius 2 is 1.52 bits per heavy atom. The van der Waals surface area contributed by atoms with E-state index in [1.807, 2.05) is 0 Å². The van der Waals surface area contributed by atoms with Gasteiger partial charge in [-0.25, -0.2) is 0 Å². The molecule has 8 heteroatoms. The van der Waals surface area contributed by atoms with Crippen molar-refractivity contribution in [1.29, 1.82) is 0 Å². The molecule has 140 valence electrons. The van der Waals surface area contributed by atoms with Crippen LogP contribution in [0.1, 0.15) is 45.4 Å². The van der Waals surface area contributed by atoms with Gasteiger partial charge in [0.2, 0.25) is 0 Å². The fraction of sp³-hybridized carbons (Fsp3) is 0.933. The highest BCUT2D eigenvalue weighted by Gasteiger charge is 2.29. The smallest absolute Gasteiger partial charge is 0.111 e. The van der Waals surface area contributed by atoms with Crippen molar-refractivity contribution >= 4 is 6.21 Å². The van der Waals surface area contributed by atoms with Crippen LogP contribution in [-0.2, 0) is 0 Å². The molecule has 0 bridgehead atoms. The molecule has 0 aromatic heterocycles. The number of nitrogens with one attached hydrogen (secondary N) is 1. The van der Waals surface area contributed by atoms with Crippen molar-refractivity contribution in [3.63, 3.8) is 0 Å². The SMILES string of the molecule is CCCCCCCC=NO.CNC[C@H](O)[C@@H](O)[C@H](O)[C@H](O)CO. The first kappa shape index (κ1) is 24.5. The van der Waals surface area contributed by atoms with Crippen LogP contribution in [0.3, 0.4) is 0 Å². The van der Waals surface area contributed by atoms with E-state index in [0.717, 1.165) is 12.8 Å². The number of rotatable bonds is 12. The predicted molar refractivity (Wildman–Crippen MR) is 88.7 cm³/mol. The third-order valence-electron chi connectivity index (χ3n) is 3.26. The Balaban J connectivity index is 0. The molecule has 8 nitrogen and oxygen atoms in total. The van der Waals surface area contributed by atoms with E-state index in [1.165, 1.54) is 25.7 Å². The van der Waals surface area contributed by atoms with Gasteiger partial charge in [0, 0.05) is 12.8 Å². The lowest BCUT2D eigenvalue weighted by Crippen LogP contribution is -2.48. The second-order valence-corrected chi connectivity index (χ2v) is 5.36. The van der Waals surface area contributed by atoms with Gasteiger partial charge in [-0.05, 0) is 19.9 Å². The van der Waals surface area contributed by atoms with Gasteiger partial charge >= 0.3 is 0 Å². The lowest BCUT2D eigenvalue weighted by atomic mass is 10.0. The molecule has 7 N–H and O–H groups in total. The summed E-state index contributed by atoms with van der Waals surface area (Å²) >= 11 is 0. The monoisotopic (exact) mass is 338 g/mol. The highest BCUT2D eigenvalue weighted by molar-refractivity contribution is 5.55. The first-order chi connectivity index (χ1) is 11.0. The van der Waals surface area contributed by atoms with Gasteiger partial charge in [-0.1, -0.05) is 32.6 Å². The van der Waals surface area contributed by atoms with Crippen molar-refractivity contribution < 1.29 is 30.7 Å². The van der Waals surface area contributed by atoms with Gasteiger partial charge in [0.05, 0.1) is 12.7 Å². The van der Waals surface area contributed by atoms with Crippen LogP contribution in [0, 0.1) is 0 Å².